The molecule has 0 aromatic heterocycles. The van der Waals surface area contributed by atoms with Crippen molar-refractivity contribution >= 4 is 21.4 Å². The smallest absolute Gasteiger partial charge is 0.168 e. The van der Waals surface area contributed by atoms with Crippen LogP contribution in [0.1, 0.15) is 25.7 Å². The molecular formula is C10H13ClO2S. The van der Waals surface area contributed by atoms with Gasteiger partial charge in [0.1, 0.15) is 4.71 Å². The number of rotatable bonds is 0. The largest absolute Gasteiger partial charge is 0.227 e. The van der Waals surface area contributed by atoms with Crippen molar-refractivity contribution in [2.24, 2.45) is 10.8 Å². The van der Waals surface area contributed by atoms with E-state index in [0.717, 1.165) is 25.7 Å². The number of allylic oxidation sites excluding steroid dienone is 2. The molecule has 0 radical (unpaired) electrons. The molecule has 3 unspecified atom stereocenters. The predicted octanol–water partition coefficient (Wildman–Crippen LogP) is 2.10. The minimum atomic E-state index is -3.04. The van der Waals surface area contributed by atoms with Crippen molar-refractivity contribution in [2.75, 3.05) is 5.75 Å². The maximum atomic E-state index is 11.8. The van der Waals surface area contributed by atoms with E-state index in [1.165, 1.54) is 0 Å². The van der Waals surface area contributed by atoms with Crippen LogP contribution in [-0.2, 0) is 9.84 Å². The number of hydrogen-bond donors (Lipinski definition) is 0. The summed E-state index contributed by atoms with van der Waals surface area (Å²) in [6.07, 6.45) is 8.04. The van der Waals surface area contributed by atoms with Gasteiger partial charge < -0.3 is 0 Å². The van der Waals surface area contributed by atoms with Crippen molar-refractivity contribution in [2.45, 2.75) is 30.4 Å². The third-order valence-corrected chi connectivity index (χ3v) is 7.76. The Morgan fingerprint density at radius 3 is 2.50 bits per heavy atom. The second-order valence-electron chi connectivity index (χ2n) is 4.94. The zero-order valence-electron chi connectivity index (χ0n) is 7.87. The lowest BCUT2D eigenvalue weighted by atomic mass is 9.47. The molecule has 1 saturated carbocycles. The Balaban J connectivity index is 2.16. The topological polar surface area (TPSA) is 34.1 Å². The number of alkyl halides is 1. The second kappa shape index (κ2) is 2.38. The Morgan fingerprint density at radius 1 is 1.21 bits per heavy atom. The van der Waals surface area contributed by atoms with Crippen molar-refractivity contribution in [3.05, 3.63) is 12.2 Å². The molecule has 78 valence electrons. The van der Waals surface area contributed by atoms with Crippen molar-refractivity contribution < 1.29 is 8.42 Å². The standard InChI is InChI=1S/C10H13ClO2S/c11-8-10-4-2-1-3-9(10,5-6-10)7-14(8,12)13/h1-2,8H,3-7H2. The van der Waals surface area contributed by atoms with Gasteiger partial charge in [0.15, 0.2) is 9.84 Å². The molecule has 14 heavy (non-hydrogen) atoms. The lowest BCUT2D eigenvalue weighted by Crippen LogP contribution is -2.53. The second-order valence-corrected chi connectivity index (χ2v) is 7.72. The van der Waals surface area contributed by atoms with Crippen LogP contribution in [0.25, 0.3) is 0 Å². The number of hydrogen-bond acceptors (Lipinski definition) is 2. The molecule has 0 bridgehead atoms. The Kier molecular flexibility index (Phi) is 1.57. The number of sulfone groups is 1. The molecule has 0 aromatic rings. The molecule has 0 spiro atoms. The van der Waals surface area contributed by atoms with Crippen LogP contribution in [0.15, 0.2) is 12.2 Å². The molecule has 2 aliphatic carbocycles. The molecule has 0 amide bonds. The van der Waals surface area contributed by atoms with E-state index in [0.29, 0.717) is 5.75 Å². The van der Waals surface area contributed by atoms with E-state index in [4.69, 9.17) is 11.6 Å². The third kappa shape index (κ3) is 0.782. The zero-order chi connectivity index (χ0) is 10.0. The van der Waals surface area contributed by atoms with E-state index in [-0.39, 0.29) is 10.8 Å². The van der Waals surface area contributed by atoms with Gasteiger partial charge >= 0.3 is 0 Å². The molecule has 3 aliphatic rings. The van der Waals surface area contributed by atoms with Crippen LogP contribution in [0.2, 0.25) is 0 Å². The molecule has 1 saturated heterocycles. The summed E-state index contributed by atoms with van der Waals surface area (Å²) >= 11 is 6.14. The molecule has 2 fully saturated rings. The first-order valence-corrected chi connectivity index (χ1v) is 7.18. The van der Waals surface area contributed by atoms with Crippen LogP contribution in [-0.4, -0.2) is 18.9 Å². The minimum absolute atomic E-state index is 0.00694. The van der Waals surface area contributed by atoms with Crippen molar-refractivity contribution in [3.8, 4) is 0 Å². The van der Waals surface area contributed by atoms with Gasteiger partial charge in [-0.2, -0.15) is 0 Å². The molecular weight excluding hydrogens is 220 g/mol. The highest BCUT2D eigenvalue weighted by Gasteiger charge is 2.71. The first kappa shape index (κ1) is 9.22. The summed E-state index contributed by atoms with van der Waals surface area (Å²) in [5, 5.41) is 0. The summed E-state index contributed by atoms with van der Waals surface area (Å²) in [6.45, 7) is 0. The van der Waals surface area contributed by atoms with E-state index in [9.17, 15) is 8.42 Å². The van der Waals surface area contributed by atoms with Gasteiger partial charge in [-0.3, -0.25) is 0 Å². The maximum Gasteiger partial charge on any atom is 0.168 e. The van der Waals surface area contributed by atoms with Crippen LogP contribution in [0.4, 0.5) is 0 Å². The van der Waals surface area contributed by atoms with E-state index < -0.39 is 14.5 Å². The summed E-state index contributed by atoms with van der Waals surface area (Å²) < 4.78 is 23.0. The first-order valence-electron chi connectivity index (χ1n) is 5.03. The van der Waals surface area contributed by atoms with Gasteiger partial charge in [0.25, 0.3) is 0 Å². The normalized spacial score (nSPS) is 53.4. The fraction of sp³-hybridized carbons (Fsp3) is 0.800. The molecule has 1 heterocycles. The Morgan fingerprint density at radius 2 is 1.93 bits per heavy atom. The molecule has 0 N–H and O–H groups in total. The summed E-state index contributed by atoms with van der Waals surface area (Å²) in [5.41, 5.74) is -0.102. The third-order valence-electron chi connectivity index (χ3n) is 4.49. The van der Waals surface area contributed by atoms with Crippen LogP contribution >= 0.6 is 11.6 Å². The van der Waals surface area contributed by atoms with Gasteiger partial charge in [-0.1, -0.05) is 12.2 Å². The Hall–Kier alpha value is -0.0200. The highest BCUT2D eigenvalue weighted by Crippen LogP contribution is 2.71. The molecule has 2 nitrogen and oxygen atoms in total. The zero-order valence-corrected chi connectivity index (χ0v) is 9.44. The summed E-state index contributed by atoms with van der Waals surface area (Å²) in [5.74, 6) is 0.318. The highest BCUT2D eigenvalue weighted by atomic mass is 35.5. The fourth-order valence-electron chi connectivity index (χ4n) is 3.55. The monoisotopic (exact) mass is 232 g/mol. The van der Waals surface area contributed by atoms with Gasteiger partial charge in [0.05, 0.1) is 5.75 Å². The van der Waals surface area contributed by atoms with Crippen LogP contribution < -0.4 is 0 Å². The number of halogens is 1. The van der Waals surface area contributed by atoms with Crippen LogP contribution in [0.5, 0.6) is 0 Å². The van der Waals surface area contributed by atoms with Gasteiger partial charge in [0.2, 0.25) is 0 Å². The summed E-state index contributed by atoms with van der Waals surface area (Å²) in [4.78, 5) is 0. The lowest BCUT2D eigenvalue weighted by molar-refractivity contribution is -0.0400. The minimum Gasteiger partial charge on any atom is -0.227 e. The molecule has 0 aromatic carbocycles. The Labute approximate surface area is 89.2 Å². The van der Waals surface area contributed by atoms with Crippen LogP contribution in [0, 0.1) is 10.8 Å². The van der Waals surface area contributed by atoms with Crippen molar-refractivity contribution in [1.29, 1.82) is 0 Å². The molecule has 3 rings (SSSR count). The molecule has 4 heteroatoms. The Bertz CT molecular complexity index is 414. The van der Waals surface area contributed by atoms with Crippen molar-refractivity contribution in [1.82, 2.24) is 0 Å². The average molecular weight is 233 g/mol. The quantitative estimate of drug-likeness (QED) is 0.474. The van der Waals surface area contributed by atoms with E-state index in [1.807, 2.05) is 0 Å². The fourth-order valence-corrected chi connectivity index (χ4v) is 6.79. The van der Waals surface area contributed by atoms with Crippen LogP contribution in [0.3, 0.4) is 0 Å². The van der Waals surface area contributed by atoms with Gasteiger partial charge in [-0.05, 0) is 31.1 Å². The molecule has 3 atom stereocenters. The summed E-state index contributed by atoms with van der Waals surface area (Å²) in [6, 6.07) is 0. The first-order chi connectivity index (χ1) is 6.53. The van der Waals surface area contributed by atoms with E-state index in [2.05, 4.69) is 12.2 Å². The van der Waals surface area contributed by atoms with E-state index in [1.54, 1.807) is 0 Å². The van der Waals surface area contributed by atoms with Gasteiger partial charge in [0, 0.05) is 5.41 Å². The maximum absolute atomic E-state index is 11.8. The van der Waals surface area contributed by atoms with Gasteiger partial charge in [-0.25, -0.2) is 8.42 Å². The van der Waals surface area contributed by atoms with Crippen molar-refractivity contribution in [3.63, 3.8) is 0 Å². The highest BCUT2D eigenvalue weighted by molar-refractivity contribution is 7.93. The summed E-state index contributed by atoms with van der Waals surface area (Å²) in [7, 11) is -3.04. The lowest BCUT2D eigenvalue weighted by Gasteiger charge is -2.57. The predicted molar refractivity (Wildman–Crippen MR) is 55.9 cm³/mol. The van der Waals surface area contributed by atoms with Gasteiger partial charge in [-0.15, -0.1) is 11.6 Å². The molecule has 1 aliphatic heterocycles. The van der Waals surface area contributed by atoms with E-state index >= 15 is 0 Å². The average Bonchev–Trinajstić information content (AvgIpc) is 2.23. The SMILES string of the molecule is O=S1(=O)CC23CC=CCC2(CC3)C1Cl.